The van der Waals surface area contributed by atoms with Crippen LogP contribution in [0.4, 0.5) is 5.13 Å². The molecule has 0 spiro atoms. The summed E-state index contributed by atoms with van der Waals surface area (Å²) >= 11 is 7.51. The lowest BCUT2D eigenvalue weighted by Crippen LogP contribution is -2.08. The van der Waals surface area contributed by atoms with Crippen LogP contribution in [-0.4, -0.2) is 17.2 Å². The number of hydrazone groups is 1. The van der Waals surface area contributed by atoms with Crippen LogP contribution in [0, 0.1) is 0 Å². The molecule has 0 amide bonds. The highest BCUT2D eigenvalue weighted by atomic mass is 35.5. The fourth-order valence-electron chi connectivity index (χ4n) is 3.55. The van der Waals surface area contributed by atoms with Gasteiger partial charge in [-0.3, -0.25) is 5.43 Å². The number of thiazole rings is 1. The van der Waals surface area contributed by atoms with Crippen LogP contribution >= 0.6 is 22.9 Å². The number of nitrogens with zero attached hydrogens (tertiary/aromatic N) is 2. The van der Waals surface area contributed by atoms with Crippen LogP contribution in [0.15, 0.2) is 114 Å². The smallest absolute Gasteiger partial charge is 0.343 e. The van der Waals surface area contributed by atoms with Gasteiger partial charge in [0.05, 0.1) is 22.3 Å². The number of hydrogen-bond acceptors (Lipinski definition) is 6. The normalized spacial score (nSPS) is 10.9. The summed E-state index contributed by atoms with van der Waals surface area (Å²) < 4.78 is 5.49. The lowest BCUT2D eigenvalue weighted by atomic mass is 10.1. The summed E-state index contributed by atoms with van der Waals surface area (Å²) in [6, 6.07) is 34.0. The van der Waals surface area contributed by atoms with Gasteiger partial charge in [-0.2, -0.15) is 5.10 Å². The zero-order chi connectivity index (χ0) is 24.7. The highest BCUT2D eigenvalue weighted by Crippen LogP contribution is 2.38. The Bertz CT molecular complexity index is 1460. The predicted octanol–water partition coefficient (Wildman–Crippen LogP) is 7.80. The number of halogens is 1. The van der Waals surface area contributed by atoms with Crippen LogP contribution in [0.2, 0.25) is 5.02 Å². The van der Waals surface area contributed by atoms with Gasteiger partial charge in [0.1, 0.15) is 5.75 Å². The maximum atomic E-state index is 12.4. The number of carbonyl (C=O) groups excluding carboxylic acids is 1. The fourth-order valence-corrected chi connectivity index (χ4v) is 4.68. The first-order chi connectivity index (χ1) is 17.7. The average molecular weight is 510 g/mol. The van der Waals surface area contributed by atoms with Gasteiger partial charge in [-0.05, 0) is 41.5 Å². The van der Waals surface area contributed by atoms with Gasteiger partial charge in [-0.15, -0.1) is 0 Å². The van der Waals surface area contributed by atoms with Gasteiger partial charge < -0.3 is 4.74 Å². The van der Waals surface area contributed by atoms with E-state index in [0.29, 0.717) is 21.5 Å². The second-order valence-electron chi connectivity index (χ2n) is 7.77. The first kappa shape index (κ1) is 23.5. The van der Waals surface area contributed by atoms with Crippen molar-refractivity contribution in [3.63, 3.8) is 0 Å². The molecular formula is C29H20ClN3O2S. The van der Waals surface area contributed by atoms with E-state index in [1.54, 1.807) is 48.7 Å². The lowest BCUT2D eigenvalue weighted by Gasteiger charge is -2.05. The second kappa shape index (κ2) is 11.0. The van der Waals surface area contributed by atoms with Crippen molar-refractivity contribution in [1.82, 2.24) is 4.98 Å². The molecule has 0 saturated heterocycles. The molecule has 0 aliphatic rings. The number of esters is 1. The molecular weight excluding hydrogens is 490 g/mol. The Kier molecular flexibility index (Phi) is 7.17. The maximum absolute atomic E-state index is 12.4. The van der Waals surface area contributed by atoms with Crippen LogP contribution in [0.25, 0.3) is 21.7 Å². The number of rotatable bonds is 7. The van der Waals surface area contributed by atoms with Gasteiger partial charge >= 0.3 is 5.97 Å². The van der Waals surface area contributed by atoms with Crippen molar-refractivity contribution in [3.8, 4) is 27.4 Å². The summed E-state index contributed by atoms with van der Waals surface area (Å²) in [5.74, 6) is -0.0646. The third-order valence-corrected chi connectivity index (χ3v) is 6.46. The van der Waals surface area contributed by atoms with E-state index in [4.69, 9.17) is 21.3 Å². The monoisotopic (exact) mass is 509 g/mol. The molecule has 176 valence electrons. The molecule has 5 nitrogen and oxygen atoms in total. The van der Waals surface area contributed by atoms with Crippen molar-refractivity contribution < 1.29 is 9.53 Å². The van der Waals surface area contributed by atoms with Crippen LogP contribution in [0.5, 0.6) is 5.75 Å². The van der Waals surface area contributed by atoms with E-state index in [-0.39, 0.29) is 0 Å². The predicted molar refractivity (Wildman–Crippen MR) is 147 cm³/mol. The summed E-state index contributed by atoms with van der Waals surface area (Å²) in [7, 11) is 0. The number of nitrogens with one attached hydrogen (secondary N) is 1. The average Bonchev–Trinajstić information content (AvgIpc) is 3.34. The van der Waals surface area contributed by atoms with Gasteiger partial charge in [0.25, 0.3) is 0 Å². The zero-order valence-electron chi connectivity index (χ0n) is 19.0. The Balaban J connectivity index is 1.32. The van der Waals surface area contributed by atoms with Crippen molar-refractivity contribution in [2.24, 2.45) is 5.10 Å². The molecule has 0 unspecified atom stereocenters. The molecule has 1 aromatic heterocycles. The number of anilines is 1. The lowest BCUT2D eigenvalue weighted by molar-refractivity contribution is 0.0735. The van der Waals surface area contributed by atoms with E-state index in [2.05, 4.69) is 22.7 Å². The summed E-state index contributed by atoms with van der Waals surface area (Å²) in [6.45, 7) is 0. The molecule has 5 rings (SSSR count). The molecule has 0 bridgehead atoms. The largest absolute Gasteiger partial charge is 0.423 e. The highest BCUT2D eigenvalue weighted by molar-refractivity contribution is 7.19. The Labute approximate surface area is 217 Å². The van der Waals surface area contributed by atoms with E-state index in [0.717, 1.165) is 27.3 Å². The molecule has 1 heterocycles. The molecule has 4 aromatic carbocycles. The maximum Gasteiger partial charge on any atom is 0.343 e. The second-order valence-corrected chi connectivity index (χ2v) is 9.21. The van der Waals surface area contributed by atoms with Crippen LogP contribution in [0.3, 0.4) is 0 Å². The first-order valence-electron chi connectivity index (χ1n) is 11.1. The fraction of sp³-hybridized carbons (Fsp3) is 0. The Hall–Kier alpha value is -4.26. The van der Waals surface area contributed by atoms with E-state index < -0.39 is 5.97 Å². The topological polar surface area (TPSA) is 63.6 Å². The molecule has 0 aliphatic carbocycles. The quantitative estimate of drug-likeness (QED) is 0.105. The highest BCUT2D eigenvalue weighted by Gasteiger charge is 2.14. The summed E-state index contributed by atoms with van der Waals surface area (Å²) in [5, 5.41) is 5.51. The van der Waals surface area contributed by atoms with Crippen LogP contribution < -0.4 is 10.2 Å². The van der Waals surface area contributed by atoms with Crippen LogP contribution in [0.1, 0.15) is 15.9 Å². The van der Waals surface area contributed by atoms with Gasteiger partial charge in [-0.1, -0.05) is 102 Å². The van der Waals surface area contributed by atoms with E-state index in [9.17, 15) is 4.79 Å². The Morgan fingerprint density at radius 1 is 0.861 bits per heavy atom. The van der Waals surface area contributed by atoms with E-state index in [1.807, 2.05) is 54.6 Å². The molecule has 0 radical (unpaired) electrons. The summed E-state index contributed by atoms with van der Waals surface area (Å²) in [5.41, 5.74) is 7.23. The summed E-state index contributed by atoms with van der Waals surface area (Å²) in [6.07, 6.45) is 1.66. The van der Waals surface area contributed by atoms with Crippen LogP contribution in [-0.2, 0) is 0 Å². The third-order valence-electron chi connectivity index (χ3n) is 5.21. The van der Waals surface area contributed by atoms with Crippen molar-refractivity contribution in [1.29, 1.82) is 0 Å². The standard InChI is InChI=1S/C29H20ClN3O2S/c30-24-15-8-14-23(18-24)28(34)35-25-16-7-9-20(17-25)19-31-33-29-32-26(21-10-3-1-4-11-21)27(36-29)22-12-5-2-6-13-22/h1-19H,(H,32,33)/b31-19-. The number of aromatic nitrogens is 1. The van der Waals surface area contributed by atoms with Crippen molar-refractivity contribution in [2.45, 2.75) is 0 Å². The zero-order valence-corrected chi connectivity index (χ0v) is 20.5. The molecule has 7 heteroatoms. The number of hydrogen-bond donors (Lipinski definition) is 1. The third kappa shape index (κ3) is 5.68. The van der Waals surface area contributed by atoms with Crippen molar-refractivity contribution >= 4 is 40.3 Å². The molecule has 0 saturated carbocycles. The SMILES string of the molecule is O=C(Oc1cccc(/C=N\Nc2nc(-c3ccccc3)c(-c3ccccc3)s2)c1)c1cccc(Cl)c1. The number of ether oxygens (including phenoxy) is 1. The number of carbonyl (C=O) groups is 1. The first-order valence-corrected chi connectivity index (χ1v) is 12.3. The van der Waals surface area contributed by atoms with Crippen molar-refractivity contribution in [3.05, 3.63) is 125 Å². The van der Waals surface area contributed by atoms with Gasteiger partial charge in [-0.25, -0.2) is 9.78 Å². The summed E-state index contributed by atoms with van der Waals surface area (Å²) in [4.78, 5) is 18.3. The molecule has 36 heavy (non-hydrogen) atoms. The van der Waals surface area contributed by atoms with E-state index >= 15 is 0 Å². The van der Waals surface area contributed by atoms with Gasteiger partial charge in [0, 0.05) is 10.6 Å². The van der Waals surface area contributed by atoms with Gasteiger partial charge in [0.2, 0.25) is 5.13 Å². The van der Waals surface area contributed by atoms with E-state index in [1.165, 1.54) is 11.3 Å². The van der Waals surface area contributed by atoms with Gasteiger partial charge in [0.15, 0.2) is 0 Å². The minimum atomic E-state index is -0.477. The minimum Gasteiger partial charge on any atom is -0.423 e. The Morgan fingerprint density at radius 2 is 1.58 bits per heavy atom. The Morgan fingerprint density at radius 3 is 2.33 bits per heavy atom. The minimum absolute atomic E-state index is 0.385. The number of benzene rings is 4. The molecule has 0 fully saturated rings. The van der Waals surface area contributed by atoms with Crippen molar-refractivity contribution in [2.75, 3.05) is 5.43 Å². The molecule has 0 aliphatic heterocycles. The molecule has 5 aromatic rings. The molecule has 0 atom stereocenters. The molecule has 1 N–H and O–H groups in total.